The number of benzene rings is 3. The largest absolute Gasteiger partial charge is 0.480 e. The smallest absolute Gasteiger partial charge is 0.410 e. The zero-order valence-corrected chi connectivity index (χ0v) is 17.6. The van der Waals surface area contributed by atoms with Gasteiger partial charge in [-0.25, -0.2) is 9.59 Å². The second-order valence-corrected chi connectivity index (χ2v) is 7.74. The van der Waals surface area contributed by atoms with Gasteiger partial charge in [0.15, 0.2) is 0 Å². The number of rotatable bonds is 6. The molecule has 0 aromatic heterocycles. The summed E-state index contributed by atoms with van der Waals surface area (Å²) in [5, 5.41) is 19.0. The molecule has 0 heterocycles. The zero-order valence-electron chi connectivity index (χ0n) is 17.6. The first-order valence-corrected chi connectivity index (χ1v) is 10.3. The molecule has 1 atom stereocenters. The predicted molar refractivity (Wildman–Crippen MR) is 119 cm³/mol. The molecule has 1 aliphatic carbocycles. The molecule has 1 amide bonds. The maximum atomic E-state index is 12.8. The molecule has 6 nitrogen and oxygen atoms in total. The number of hydrogen-bond acceptors (Lipinski definition) is 4. The van der Waals surface area contributed by atoms with Gasteiger partial charge >= 0.3 is 12.1 Å². The van der Waals surface area contributed by atoms with E-state index in [4.69, 9.17) is 4.74 Å². The lowest BCUT2D eigenvalue weighted by Gasteiger charge is -2.25. The molecule has 1 aliphatic rings. The minimum absolute atomic E-state index is 0.0137. The van der Waals surface area contributed by atoms with Crippen molar-refractivity contribution >= 4 is 12.1 Å². The third kappa shape index (κ3) is 3.93. The van der Waals surface area contributed by atoms with Crippen LogP contribution in [-0.4, -0.2) is 41.8 Å². The van der Waals surface area contributed by atoms with Crippen molar-refractivity contribution in [2.45, 2.75) is 18.4 Å². The summed E-state index contributed by atoms with van der Waals surface area (Å²) in [5.74, 6) is -1.27. The molecule has 6 heteroatoms. The summed E-state index contributed by atoms with van der Waals surface area (Å²) in [6, 6.07) is 23.7. The number of aliphatic carboxylic acids is 1. The van der Waals surface area contributed by atoms with Crippen LogP contribution in [0.2, 0.25) is 0 Å². The minimum atomic E-state index is -1.16. The molecule has 0 unspecified atom stereocenters. The van der Waals surface area contributed by atoms with Gasteiger partial charge in [0.2, 0.25) is 0 Å². The number of fused-ring (bicyclic) bond motifs is 3. The highest BCUT2D eigenvalue weighted by Crippen LogP contribution is 2.44. The van der Waals surface area contributed by atoms with Crippen LogP contribution >= 0.6 is 0 Å². The van der Waals surface area contributed by atoms with Crippen molar-refractivity contribution in [2.75, 3.05) is 13.7 Å². The third-order valence-electron chi connectivity index (χ3n) is 5.93. The van der Waals surface area contributed by atoms with E-state index in [0.717, 1.165) is 27.2 Å². The van der Waals surface area contributed by atoms with Gasteiger partial charge in [0.1, 0.15) is 12.6 Å². The molecule has 1 N–H and O–H groups in total. The second-order valence-electron chi connectivity index (χ2n) is 7.74. The van der Waals surface area contributed by atoms with Crippen LogP contribution in [-0.2, 0) is 16.0 Å². The number of carbonyl (C=O) groups is 2. The molecule has 0 bridgehead atoms. The lowest BCUT2D eigenvalue weighted by atomic mass is 9.98. The number of ether oxygens (including phenoxy) is 1. The summed E-state index contributed by atoms with van der Waals surface area (Å²) < 4.78 is 5.59. The molecule has 0 radical (unpaired) electrons. The van der Waals surface area contributed by atoms with E-state index in [9.17, 15) is 20.0 Å². The van der Waals surface area contributed by atoms with Gasteiger partial charge in [-0.1, -0.05) is 66.7 Å². The highest BCUT2D eigenvalue weighted by Gasteiger charge is 2.32. The number of nitrogens with zero attached hydrogens (tertiary/aromatic N) is 2. The number of nitriles is 1. The molecule has 32 heavy (non-hydrogen) atoms. The number of carbonyl (C=O) groups excluding carboxylic acids is 1. The first-order chi connectivity index (χ1) is 15.5. The van der Waals surface area contributed by atoms with Crippen LogP contribution < -0.4 is 0 Å². The molecule has 160 valence electrons. The van der Waals surface area contributed by atoms with Gasteiger partial charge in [0.05, 0.1) is 11.6 Å². The molecule has 0 fully saturated rings. The van der Waals surface area contributed by atoms with Gasteiger partial charge < -0.3 is 9.84 Å². The molecule has 0 saturated carbocycles. The fourth-order valence-electron chi connectivity index (χ4n) is 4.23. The average Bonchev–Trinajstić information content (AvgIpc) is 3.14. The van der Waals surface area contributed by atoms with Crippen LogP contribution in [0.1, 0.15) is 28.2 Å². The van der Waals surface area contributed by atoms with Gasteiger partial charge in [-0.05, 0) is 33.9 Å². The molecular formula is C26H22N2O4. The summed E-state index contributed by atoms with van der Waals surface area (Å²) in [6.45, 7) is 0.109. The highest BCUT2D eigenvalue weighted by molar-refractivity contribution is 5.81. The van der Waals surface area contributed by atoms with Crippen LogP contribution in [0, 0.1) is 11.3 Å². The zero-order chi connectivity index (χ0) is 22.7. The van der Waals surface area contributed by atoms with E-state index in [0.29, 0.717) is 11.1 Å². The lowest BCUT2D eigenvalue weighted by Crippen LogP contribution is -2.44. The number of hydrogen-bond donors (Lipinski definition) is 1. The number of carboxylic acids is 1. The summed E-state index contributed by atoms with van der Waals surface area (Å²) >= 11 is 0. The van der Waals surface area contributed by atoms with Gasteiger partial charge in [0, 0.05) is 19.4 Å². The summed E-state index contributed by atoms with van der Waals surface area (Å²) in [6.07, 6.45) is -0.701. The van der Waals surface area contributed by atoms with Crippen molar-refractivity contribution in [3.05, 3.63) is 95.1 Å². The second kappa shape index (κ2) is 8.94. The van der Waals surface area contributed by atoms with Crippen molar-refractivity contribution in [1.82, 2.24) is 4.90 Å². The fraction of sp³-hybridized carbons (Fsp3) is 0.192. The monoisotopic (exact) mass is 426 g/mol. The van der Waals surface area contributed by atoms with Crippen molar-refractivity contribution < 1.29 is 19.4 Å². The predicted octanol–water partition coefficient (Wildman–Crippen LogP) is 4.43. The van der Waals surface area contributed by atoms with Crippen molar-refractivity contribution in [2.24, 2.45) is 0 Å². The number of likely N-dealkylation sites (N-methyl/N-ethyl adjacent to an activating group) is 1. The minimum Gasteiger partial charge on any atom is -0.480 e. The first kappa shape index (κ1) is 21.1. The van der Waals surface area contributed by atoms with Gasteiger partial charge in [0.25, 0.3) is 0 Å². The van der Waals surface area contributed by atoms with Crippen LogP contribution in [0.25, 0.3) is 11.1 Å². The van der Waals surface area contributed by atoms with Crippen LogP contribution in [0.5, 0.6) is 0 Å². The van der Waals surface area contributed by atoms with E-state index in [1.807, 2.05) is 36.4 Å². The van der Waals surface area contributed by atoms with E-state index < -0.39 is 18.1 Å². The summed E-state index contributed by atoms with van der Waals surface area (Å²) in [4.78, 5) is 25.8. The van der Waals surface area contributed by atoms with Crippen molar-refractivity contribution in [1.29, 1.82) is 5.26 Å². The average molecular weight is 426 g/mol. The van der Waals surface area contributed by atoms with E-state index >= 15 is 0 Å². The van der Waals surface area contributed by atoms with E-state index in [2.05, 4.69) is 18.2 Å². The SMILES string of the molecule is CN(C(=O)OCC1c2ccccc2-c2ccccc21)[C@@H](Cc1ccccc1C#N)C(=O)O. The Bertz CT molecular complexity index is 1170. The van der Waals surface area contributed by atoms with Crippen LogP contribution in [0.4, 0.5) is 4.79 Å². The Morgan fingerprint density at radius 1 is 1.00 bits per heavy atom. The maximum Gasteiger partial charge on any atom is 0.410 e. The Balaban J connectivity index is 1.50. The molecule has 0 saturated heterocycles. The standard InChI is InChI=1S/C26H22N2O4/c1-28(24(25(29)30)14-17-8-2-3-9-18(17)15-27)26(31)32-16-23-21-12-6-4-10-19(21)20-11-5-7-13-22(20)23/h2-13,23-24H,14,16H2,1H3,(H,29,30)/t24-/m0/s1. The van der Waals surface area contributed by atoms with Crippen LogP contribution in [0.3, 0.4) is 0 Å². The molecule has 4 rings (SSSR count). The van der Waals surface area contributed by atoms with E-state index in [1.54, 1.807) is 24.3 Å². The van der Waals surface area contributed by atoms with Gasteiger partial charge in [-0.15, -0.1) is 0 Å². The molecule has 3 aromatic rings. The van der Waals surface area contributed by atoms with Gasteiger partial charge in [-0.2, -0.15) is 5.26 Å². The first-order valence-electron chi connectivity index (χ1n) is 10.3. The molecule has 0 aliphatic heterocycles. The van der Waals surface area contributed by atoms with Crippen molar-refractivity contribution in [3.63, 3.8) is 0 Å². The summed E-state index contributed by atoms with van der Waals surface area (Å²) in [5.41, 5.74) is 5.37. The van der Waals surface area contributed by atoms with E-state index in [-0.39, 0.29) is 18.9 Å². The third-order valence-corrected chi connectivity index (χ3v) is 5.93. The topological polar surface area (TPSA) is 90.6 Å². The Morgan fingerprint density at radius 2 is 1.56 bits per heavy atom. The molecule has 0 spiro atoms. The maximum absolute atomic E-state index is 12.8. The van der Waals surface area contributed by atoms with Crippen LogP contribution in [0.15, 0.2) is 72.8 Å². The number of amides is 1. The Hall–Kier alpha value is -4.11. The van der Waals surface area contributed by atoms with Gasteiger partial charge in [-0.3, -0.25) is 4.90 Å². The van der Waals surface area contributed by atoms with E-state index in [1.165, 1.54) is 7.05 Å². The highest BCUT2D eigenvalue weighted by atomic mass is 16.6. The lowest BCUT2D eigenvalue weighted by molar-refractivity contribution is -0.142. The Kier molecular flexibility index (Phi) is 5.91. The quantitative estimate of drug-likeness (QED) is 0.629. The molecule has 3 aromatic carbocycles. The number of carboxylic acid groups (broad SMARTS) is 1. The Morgan fingerprint density at radius 3 is 2.16 bits per heavy atom. The fourth-order valence-corrected chi connectivity index (χ4v) is 4.23. The Labute approximate surface area is 186 Å². The van der Waals surface area contributed by atoms with Crippen molar-refractivity contribution in [3.8, 4) is 17.2 Å². The molecular weight excluding hydrogens is 404 g/mol. The summed E-state index contributed by atoms with van der Waals surface area (Å²) in [7, 11) is 1.41. The normalized spacial score (nSPS) is 12.9.